The van der Waals surface area contributed by atoms with E-state index in [4.69, 9.17) is 0 Å². The van der Waals surface area contributed by atoms with Crippen molar-refractivity contribution in [2.45, 2.75) is 38.3 Å². The van der Waals surface area contributed by atoms with Crippen LogP contribution in [0.5, 0.6) is 0 Å². The number of nitrogens with zero attached hydrogens (tertiary/aromatic N) is 1. The summed E-state index contributed by atoms with van der Waals surface area (Å²) < 4.78 is 1.22. The first-order chi connectivity index (χ1) is 8.70. The maximum atomic E-state index is 3.67. The molecule has 1 aromatic rings. The van der Waals surface area contributed by atoms with Crippen LogP contribution in [0.4, 0.5) is 0 Å². The molecular weight excluding hydrogens is 288 g/mol. The Hall–Kier alpha value is -0.380. The number of rotatable bonds is 3. The minimum atomic E-state index is 0.462. The zero-order valence-corrected chi connectivity index (χ0v) is 12.9. The highest BCUT2D eigenvalue weighted by atomic mass is 79.9. The summed E-state index contributed by atoms with van der Waals surface area (Å²) in [6, 6.07) is 9.72. The van der Waals surface area contributed by atoms with Crippen LogP contribution in [-0.4, -0.2) is 31.1 Å². The Labute approximate surface area is 119 Å². The van der Waals surface area contributed by atoms with Gasteiger partial charge in [0, 0.05) is 16.6 Å². The second-order valence-electron chi connectivity index (χ2n) is 5.20. The standard InChI is InChI=1S/C15H23BrN2/c1-12(14-7-3-4-8-15(14)16)18(2)13-6-5-10-17-11-9-13/h3-4,7-8,12-13,17H,5-6,9-11H2,1-2H3. The van der Waals surface area contributed by atoms with E-state index in [0.717, 1.165) is 6.54 Å². The average Bonchev–Trinajstić information content (AvgIpc) is 2.66. The molecule has 1 saturated heterocycles. The van der Waals surface area contributed by atoms with E-state index in [1.54, 1.807) is 0 Å². The molecule has 0 aliphatic carbocycles. The fraction of sp³-hybridized carbons (Fsp3) is 0.600. The zero-order chi connectivity index (χ0) is 13.0. The number of hydrogen-bond acceptors (Lipinski definition) is 2. The van der Waals surface area contributed by atoms with Gasteiger partial charge in [0.05, 0.1) is 0 Å². The molecule has 0 saturated carbocycles. The third-order valence-electron chi connectivity index (χ3n) is 4.09. The van der Waals surface area contributed by atoms with Crippen molar-refractivity contribution in [3.05, 3.63) is 34.3 Å². The number of halogens is 1. The predicted octanol–water partition coefficient (Wildman–Crippen LogP) is 3.58. The number of nitrogens with one attached hydrogen (secondary N) is 1. The van der Waals surface area contributed by atoms with Crippen LogP contribution < -0.4 is 5.32 Å². The molecule has 1 aliphatic heterocycles. The van der Waals surface area contributed by atoms with E-state index in [2.05, 4.69) is 64.4 Å². The van der Waals surface area contributed by atoms with Crippen molar-refractivity contribution in [1.29, 1.82) is 0 Å². The number of benzene rings is 1. The van der Waals surface area contributed by atoms with Crippen LogP contribution >= 0.6 is 15.9 Å². The van der Waals surface area contributed by atoms with Gasteiger partial charge < -0.3 is 5.32 Å². The first-order valence-electron chi connectivity index (χ1n) is 6.87. The normalized spacial score (nSPS) is 22.8. The Morgan fingerprint density at radius 2 is 2.06 bits per heavy atom. The van der Waals surface area contributed by atoms with Gasteiger partial charge in [0.15, 0.2) is 0 Å². The van der Waals surface area contributed by atoms with Gasteiger partial charge in [0.1, 0.15) is 0 Å². The summed E-state index contributed by atoms with van der Waals surface area (Å²) in [5.74, 6) is 0. The van der Waals surface area contributed by atoms with Crippen molar-refractivity contribution in [3.63, 3.8) is 0 Å². The quantitative estimate of drug-likeness (QED) is 0.918. The summed E-state index contributed by atoms with van der Waals surface area (Å²) in [6.45, 7) is 4.63. The maximum Gasteiger partial charge on any atom is 0.0330 e. The molecule has 2 atom stereocenters. The highest BCUT2D eigenvalue weighted by Gasteiger charge is 2.22. The van der Waals surface area contributed by atoms with Gasteiger partial charge in [-0.3, -0.25) is 4.90 Å². The molecule has 1 fully saturated rings. The Kier molecular flexibility index (Phi) is 5.22. The van der Waals surface area contributed by atoms with Gasteiger partial charge in [-0.05, 0) is 58.0 Å². The first-order valence-corrected chi connectivity index (χ1v) is 7.66. The van der Waals surface area contributed by atoms with Crippen LogP contribution in [0.3, 0.4) is 0 Å². The van der Waals surface area contributed by atoms with Crippen molar-refractivity contribution < 1.29 is 0 Å². The summed E-state index contributed by atoms with van der Waals surface area (Å²) in [6.07, 6.45) is 3.85. The molecule has 2 unspecified atom stereocenters. The minimum Gasteiger partial charge on any atom is -0.317 e. The molecule has 0 aromatic heterocycles. The summed E-state index contributed by atoms with van der Waals surface area (Å²) in [7, 11) is 2.26. The molecule has 2 rings (SSSR count). The molecule has 0 radical (unpaired) electrons. The predicted molar refractivity (Wildman–Crippen MR) is 80.8 cm³/mol. The summed E-state index contributed by atoms with van der Waals surface area (Å²) in [5, 5.41) is 3.49. The van der Waals surface area contributed by atoms with Gasteiger partial charge in [-0.25, -0.2) is 0 Å². The second kappa shape index (κ2) is 6.69. The number of hydrogen-bond donors (Lipinski definition) is 1. The molecular formula is C15H23BrN2. The zero-order valence-electron chi connectivity index (χ0n) is 11.3. The van der Waals surface area contributed by atoms with Crippen molar-refractivity contribution >= 4 is 15.9 Å². The molecule has 18 heavy (non-hydrogen) atoms. The smallest absolute Gasteiger partial charge is 0.0330 e. The summed E-state index contributed by atoms with van der Waals surface area (Å²) >= 11 is 3.67. The molecule has 100 valence electrons. The van der Waals surface area contributed by atoms with Crippen molar-refractivity contribution in [2.75, 3.05) is 20.1 Å². The molecule has 1 heterocycles. The maximum absolute atomic E-state index is 3.67. The van der Waals surface area contributed by atoms with Crippen molar-refractivity contribution in [3.8, 4) is 0 Å². The monoisotopic (exact) mass is 310 g/mol. The summed E-state index contributed by atoms with van der Waals surface area (Å²) in [4.78, 5) is 2.53. The van der Waals surface area contributed by atoms with Gasteiger partial charge in [-0.1, -0.05) is 34.1 Å². The molecule has 1 aromatic carbocycles. The lowest BCUT2D eigenvalue weighted by Gasteiger charge is -2.33. The van der Waals surface area contributed by atoms with E-state index in [-0.39, 0.29) is 0 Å². The van der Waals surface area contributed by atoms with Crippen LogP contribution in [-0.2, 0) is 0 Å². The second-order valence-corrected chi connectivity index (χ2v) is 6.05. The van der Waals surface area contributed by atoms with Crippen molar-refractivity contribution in [1.82, 2.24) is 10.2 Å². The molecule has 1 aliphatic rings. The van der Waals surface area contributed by atoms with Crippen LogP contribution in [0.15, 0.2) is 28.7 Å². The van der Waals surface area contributed by atoms with Crippen LogP contribution in [0.1, 0.15) is 37.8 Å². The fourth-order valence-electron chi connectivity index (χ4n) is 2.76. The Bertz CT molecular complexity index is 373. The van der Waals surface area contributed by atoms with Gasteiger partial charge in [0.2, 0.25) is 0 Å². The van der Waals surface area contributed by atoms with Gasteiger partial charge in [0.25, 0.3) is 0 Å². The van der Waals surface area contributed by atoms with Crippen LogP contribution in [0, 0.1) is 0 Å². The summed E-state index contributed by atoms with van der Waals surface area (Å²) in [5.41, 5.74) is 1.39. The average molecular weight is 311 g/mol. The molecule has 3 heteroatoms. The van der Waals surface area contributed by atoms with Crippen LogP contribution in [0.2, 0.25) is 0 Å². The highest BCUT2D eigenvalue weighted by Crippen LogP contribution is 2.29. The van der Waals surface area contributed by atoms with Gasteiger partial charge in [-0.15, -0.1) is 0 Å². The van der Waals surface area contributed by atoms with Gasteiger partial charge in [-0.2, -0.15) is 0 Å². The van der Waals surface area contributed by atoms with E-state index in [9.17, 15) is 0 Å². The Balaban J connectivity index is 2.07. The lowest BCUT2D eigenvalue weighted by molar-refractivity contribution is 0.171. The van der Waals surface area contributed by atoms with Crippen LogP contribution in [0.25, 0.3) is 0 Å². The van der Waals surface area contributed by atoms with Gasteiger partial charge >= 0.3 is 0 Å². The van der Waals surface area contributed by atoms with E-state index in [1.807, 2.05) is 0 Å². The lowest BCUT2D eigenvalue weighted by atomic mass is 10.0. The third-order valence-corrected chi connectivity index (χ3v) is 4.81. The SMILES string of the molecule is CC(c1ccccc1Br)N(C)C1CCCNCC1. The Morgan fingerprint density at radius 1 is 1.28 bits per heavy atom. The lowest BCUT2D eigenvalue weighted by Crippen LogP contribution is -2.34. The fourth-order valence-corrected chi connectivity index (χ4v) is 3.37. The first kappa shape index (κ1) is 14.0. The minimum absolute atomic E-state index is 0.462. The van der Waals surface area contributed by atoms with E-state index < -0.39 is 0 Å². The largest absolute Gasteiger partial charge is 0.317 e. The molecule has 0 amide bonds. The third kappa shape index (κ3) is 3.34. The van der Waals surface area contributed by atoms with E-state index in [0.29, 0.717) is 12.1 Å². The van der Waals surface area contributed by atoms with Crippen molar-refractivity contribution in [2.24, 2.45) is 0 Å². The molecule has 0 spiro atoms. The van der Waals surface area contributed by atoms with E-state index in [1.165, 1.54) is 35.8 Å². The molecule has 2 nitrogen and oxygen atoms in total. The molecule has 0 bridgehead atoms. The van der Waals surface area contributed by atoms with E-state index >= 15 is 0 Å². The Morgan fingerprint density at radius 3 is 2.83 bits per heavy atom. The molecule has 1 N–H and O–H groups in total. The highest BCUT2D eigenvalue weighted by molar-refractivity contribution is 9.10. The topological polar surface area (TPSA) is 15.3 Å².